The largest absolute Gasteiger partial charge is 0.462 e. The van der Waals surface area contributed by atoms with Gasteiger partial charge >= 0.3 is 0 Å². The van der Waals surface area contributed by atoms with Gasteiger partial charge in [0, 0.05) is 0 Å². The highest BCUT2D eigenvalue weighted by atomic mass is 32.2. The van der Waals surface area contributed by atoms with Gasteiger partial charge in [0.25, 0.3) is 5.91 Å². The number of carbonyl (C=O) groups is 1. The molecule has 0 aromatic carbocycles. The number of fused-ring (bicyclic) bond motifs is 1. The summed E-state index contributed by atoms with van der Waals surface area (Å²) in [6.45, 7) is 1.84. The maximum absolute atomic E-state index is 12.3. The quantitative estimate of drug-likeness (QED) is 0.787. The first-order valence-corrected chi connectivity index (χ1v) is 9.97. The smallest absolute Gasteiger partial charge is 0.283 e. The first-order valence-electron chi connectivity index (χ1n) is 9.15. The highest BCUT2D eigenvalue weighted by molar-refractivity contribution is 8.26. The van der Waals surface area contributed by atoms with Crippen LogP contribution >= 0.6 is 11.8 Å². The van der Waals surface area contributed by atoms with Crippen LogP contribution in [0.1, 0.15) is 56.5 Å². The van der Waals surface area contributed by atoms with Gasteiger partial charge in [-0.05, 0) is 55.7 Å². The zero-order valence-corrected chi connectivity index (χ0v) is 15.6. The Morgan fingerprint density at radius 2 is 2.15 bits per heavy atom. The number of nitrogens with zero attached hydrogens (tertiary/aromatic N) is 3. The summed E-state index contributed by atoms with van der Waals surface area (Å²) in [5.74, 6) is 1.74. The minimum absolute atomic E-state index is 0.0641. The molecule has 0 saturated heterocycles. The predicted molar refractivity (Wildman–Crippen MR) is 104 cm³/mol. The van der Waals surface area contributed by atoms with Crippen LogP contribution < -0.4 is 0 Å². The van der Waals surface area contributed by atoms with E-state index in [1.165, 1.54) is 48.9 Å². The van der Waals surface area contributed by atoms with Crippen LogP contribution in [-0.4, -0.2) is 27.0 Å². The van der Waals surface area contributed by atoms with Crippen LogP contribution in [0.5, 0.6) is 0 Å². The summed E-state index contributed by atoms with van der Waals surface area (Å²) in [7, 11) is 0. The Labute approximate surface area is 156 Å². The molecule has 1 N–H and O–H groups in total. The molecule has 26 heavy (non-hydrogen) atoms. The Kier molecular flexibility index (Phi) is 4.80. The van der Waals surface area contributed by atoms with Crippen molar-refractivity contribution in [2.75, 3.05) is 0 Å². The Bertz CT molecular complexity index is 830. The van der Waals surface area contributed by atoms with E-state index in [9.17, 15) is 4.79 Å². The number of amides is 1. The molecule has 136 valence electrons. The fourth-order valence-electron chi connectivity index (χ4n) is 3.61. The molecule has 1 fully saturated rings. The van der Waals surface area contributed by atoms with Gasteiger partial charge < -0.3 is 4.42 Å². The van der Waals surface area contributed by atoms with Gasteiger partial charge in [-0.15, -0.1) is 0 Å². The average molecular weight is 370 g/mol. The summed E-state index contributed by atoms with van der Waals surface area (Å²) in [5, 5.41) is 15.8. The standard InChI is InChI=1S/C19H22N4O2S/c1-12-7-9-14(25-12)11-15-17(20)23-19(21-18(15)24)26-16(22-23)10-8-13-5-3-2-4-6-13/h7,9,11,13,20H,2-6,8,10H2,1H3/b15-11+,20-17?. The zero-order chi connectivity index (χ0) is 18.1. The van der Waals surface area contributed by atoms with Crippen molar-refractivity contribution in [3.63, 3.8) is 0 Å². The van der Waals surface area contributed by atoms with Gasteiger partial charge in [-0.1, -0.05) is 32.1 Å². The number of hydrazone groups is 1. The van der Waals surface area contributed by atoms with Gasteiger partial charge in [0.05, 0.1) is 5.57 Å². The topological polar surface area (TPSA) is 82.0 Å². The fraction of sp³-hybridized carbons (Fsp3) is 0.474. The van der Waals surface area contributed by atoms with Crippen molar-refractivity contribution < 1.29 is 9.21 Å². The van der Waals surface area contributed by atoms with Crippen LogP contribution in [0.3, 0.4) is 0 Å². The molecule has 0 radical (unpaired) electrons. The van der Waals surface area contributed by atoms with Crippen molar-refractivity contribution in [1.82, 2.24) is 5.01 Å². The molecule has 1 amide bonds. The van der Waals surface area contributed by atoms with Gasteiger partial charge in [0.1, 0.15) is 16.6 Å². The molecule has 2 aliphatic heterocycles. The van der Waals surface area contributed by atoms with Crippen LogP contribution in [0.15, 0.2) is 32.2 Å². The number of aryl methyl sites for hydroxylation is 1. The second kappa shape index (κ2) is 7.23. The normalized spacial score (nSPS) is 22.7. The van der Waals surface area contributed by atoms with Crippen molar-refractivity contribution in [2.24, 2.45) is 16.0 Å². The van der Waals surface area contributed by atoms with Crippen LogP contribution in [0.2, 0.25) is 0 Å². The molecule has 1 aromatic rings. The first kappa shape index (κ1) is 17.3. The van der Waals surface area contributed by atoms with Crippen LogP contribution in [0.4, 0.5) is 0 Å². The zero-order valence-electron chi connectivity index (χ0n) is 14.8. The molecule has 0 bridgehead atoms. The summed E-state index contributed by atoms with van der Waals surface area (Å²) in [6, 6.07) is 3.60. The van der Waals surface area contributed by atoms with E-state index in [2.05, 4.69) is 10.1 Å². The number of amidine groups is 2. The van der Waals surface area contributed by atoms with E-state index in [0.29, 0.717) is 10.9 Å². The fourth-order valence-corrected chi connectivity index (χ4v) is 4.51. The Hall–Kier alpha value is -2.15. The number of thioether (sulfide) groups is 1. The molecule has 1 aliphatic carbocycles. The lowest BCUT2D eigenvalue weighted by Gasteiger charge is -2.20. The monoisotopic (exact) mass is 370 g/mol. The van der Waals surface area contributed by atoms with E-state index < -0.39 is 5.91 Å². The van der Waals surface area contributed by atoms with Crippen molar-refractivity contribution in [3.05, 3.63) is 29.2 Å². The molecule has 0 spiro atoms. The Morgan fingerprint density at radius 1 is 1.35 bits per heavy atom. The van der Waals surface area contributed by atoms with E-state index in [1.807, 2.05) is 13.0 Å². The van der Waals surface area contributed by atoms with E-state index in [4.69, 9.17) is 9.83 Å². The second-order valence-corrected chi connectivity index (χ2v) is 8.05. The number of furan rings is 1. The highest BCUT2D eigenvalue weighted by Crippen LogP contribution is 2.33. The first-order chi connectivity index (χ1) is 12.6. The molecule has 7 heteroatoms. The van der Waals surface area contributed by atoms with Gasteiger partial charge in [0.2, 0.25) is 5.17 Å². The minimum Gasteiger partial charge on any atom is -0.462 e. The average Bonchev–Trinajstić information content (AvgIpc) is 3.23. The van der Waals surface area contributed by atoms with E-state index in [0.717, 1.165) is 29.6 Å². The van der Waals surface area contributed by atoms with Gasteiger partial charge in [-0.2, -0.15) is 15.1 Å². The molecule has 3 heterocycles. The summed E-state index contributed by atoms with van der Waals surface area (Å²) in [5.41, 5.74) is 0.209. The lowest BCUT2D eigenvalue weighted by molar-refractivity contribution is -0.114. The number of nitrogens with one attached hydrogen (secondary N) is 1. The maximum Gasteiger partial charge on any atom is 0.283 e. The number of carbonyl (C=O) groups excluding carboxylic acids is 1. The number of hydrogen-bond acceptors (Lipinski definition) is 5. The lowest BCUT2D eigenvalue weighted by atomic mass is 9.86. The third-order valence-corrected chi connectivity index (χ3v) is 6.00. The number of rotatable bonds is 4. The summed E-state index contributed by atoms with van der Waals surface area (Å²) in [6.07, 6.45) is 10.2. The van der Waals surface area contributed by atoms with Crippen molar-refractivity contribution in [2.45, 2.75) is 51.9 Å². The molecule has 0 atom stereocenters. The Balaban J connectivity index is 1.47. The molecule has 1 saturated carbocycles. The third-order valence-electron chi connectivity index (χ3n) is 5.04. The van der Waals surface area contributed by atoms with Crippen molar-refractivity contribution >= 4 is 39.8 Å². The predicted octanol–water partition coefficient (Wildman–Crippen LogP) is 4.57. The maximum atomic E-state index is 12.3. The van der Waals surface area contributed by atoms with E-state index >= 15 is 0 Å². The second-order valence-electron chi connectivity index (χ2n) is 7.00. The number of hydrogen-bond donors (Lipinski definition) is 1. The summed E-state index contributed by atoms with van der Waals surface area (Å²) >= 11 is 1.42. The van der Waals surface area contributed by atoms with Gasteiger partial charge in [0.15, 0.2) is 5.84 Å². The summed E-state index contributed by atoms with van der Waals surface area (Å²) in [4.78, 5) is 16.5. The van der Waals surface area contributed by atoms with Gasteiger partial charge in [-0.25, -0.2) is 0 Å². The van der Waals surface area contributed by atoms with Crippen molar-refractivity contribution in [1.29, 1.82) is 5.41 Å². The molecular weight excluding hydrogens is 348 g/mol. The SMILES string of the molecule is Cc1ccc(/C=C2\C(=N)N3N=C(CCC4CCCCC4)SC3=NC2=O)o1. The van der Waals surface area contributed by atoms with Crippen LogP contribution in [0, 0.1) is 18.3 Å². The van der Waals surface area contributed by atoms with Gasteiger partial charge in [-0.3, -0.25) is 10.2 Å². The molecular formula is C19H22N4O2S. The lowest BCUT2D eigenvalue weighted by Crippen LogP contribution is -2.35. The van der Waals surface area contributed by atoms with Crippen molar-refractivity contribution in [3.8, 4) is 0 Å². The van der Waals surface area contributed by atoms with E-state index in [-0.39, 0.29) is 11.4 Å². The molecule has 4 rings (SSSR count). The molecule has 3 aliphatic rings. The number of aliphatic imine (C=N–C) groups is 1. The summed E-state index contributed by atoms with van der Waals surface area (Å²) < 4.78 is 5.49. The molecule has 0 unspecified atom stereocenters. The molecule has 1 aromatic heterocycles. The van der Waals surface area contributed by atoms with Crippen LogP contribution in [-0.2, 0) is 4.79 Å². The molecule has 6 nitrogen and oxygen atoms in total. The minimum atomic E-state index is -0.411. The van der Waals surface area contributed by atoms with E-state index in [1.54, 1.807) is 12.1 Å². The highest BCUT2D eigenvalue weighted by Gasteiger charge is 2.35. The Morgan fingerprint density at radius 3 is 2.88 bits per heavy atom. The van der Waals surface area contributed by atoms with Crippen LogP contribution in [0.25, 0.3) is 6.08 Å². The third kappa shape index (κ3) is 3.53.